The lowest BCUT2D eigenvalue weighted by molar-refractivity contribution is -0.117. The van der Waals surface area contributed by atoms with Crippen LogP contribution < -0.4 is 4.90 Å². The average Bonchev–Trinajstić information content (AvgIpc) is 3.34. The molecule has 1 amide bonds. The lowest BCUT2D eigenvalue weighted by atomic mass is 10.2. The Kier molecular flexibility index (Phi) is 6.27. The Morgan fingerprint density at radius 1 is 1.33 bits per heavy atom. The molecule has 0 aliphatic heterocycles. The smallest absolute Gasteiger partial charge is 0.277 e. The van der Waals surface area contributed by atoms with Gasteiger partial charge in [0.25, 0.3) is 11.1 Å². The van der Waals surface area contributed by atoms with Gasteiger partial charge in [0.15, 0.2) is 0 Å². The highest BCUT2D eigenvalue weighted by Gasteiger charge is 2.25. The Morgan fingerprint density at radius 2 is 2.11 bits per heavy atom. The molecule has 138 valence electrons. The fraction of sp³-hybridized carbons (Fsp3) is 0.263. The van der Waals surface area contributed by atoms with E-state index in [1.165, 1.54) is 23.1 Å². The minimum absolute atomic E-state index is 0.102. The molecule has 6 nitrogen and oxygen atoms in total. The number of anilines is 1. The zero-order chi connectivity index (χ0) is 19.2. The normalized spacial score (nSPS) is 11.7. The lowest BCUT2D eigenvalue weighted by Gasteiger charge is -2.24. The summed E-state index contributed by atoms with van der Waals surface area (Å²) >= 11 is 2.74. The van der Waals surface area contributed by atoms with Crippen molar-refractivity contribution >= 4 is 34.7 Å². The summed E-state index contributed by atoms with van der Waals surface area (Å²) in [7, 11) is 0. The summed E-state index contributed by atoms with van der Waals surface area (Å²) in [5.74, 6) is 0.349. The topological polar surface area (TPSA) is 83.0 Å². The maximum absolute atomic E-state index is 13.0. The molecule has 3 aromatic rings. The Hall–Kier alpha value is -2.63. The van der Waals surface area contributed by atoms with Crippen LogP contribution in [0, 0.1) is 18.3 Å². The van der Waals surface area contributed by atoms with E-state index in [4.69, 9.17) is 9.68 Å². The molecule has 1 atom stereocenters. The molecule has 0 aliphatic carbocycles. The minimum Gasteiger partial charge on any atom is -0.410 e. The van der Waals surface area contributed by atoms with Crippen LogP contribution in [0.5, 0.6) is 0 Å². The van der Waals surface area contributed by atoms with Gasteiger partial charge in [-0.25, -0.2) is 0 Å². The molecule has 3 rings (SSSR count). The fourth-order valence-corrected chi connectivity index (χ4v) is 3.82. The predicted molar refractivity (Wildman–Crippen MR) is 107 cm³/mol. The summed E-state index contributed by atoms with van der Waals surface area (Å²) in [6.45, 7) is 4.13. The maximum Gasteiger partial charge on any atom is 0.277 e. The highest BCUT2D eigenvalue weighted by Crippen LogP contribution is 2.30. The van der Waals surface area contributed by atoms with Gasteiger partial charge in [-0.3, -0.25) is 4.79 Å². The van der Waals surface area contributed by atoms with Crippen LogP contribution in [0.2, 0.25) is 0 Å². The van der Waals surface area contributed by atoms with Crippen molar-refractivity contribution in [2.75, 3.05) is 11.4 Å². The van der Waals surface area contributed by atoms with Crippen LogP contribution in [0.1, 0.15) is 18.9 Å². The summed E-state index contributed by atoms with van der Waals surface area (Å²) in [4.78, 5) is 15.5. The molecule has 8 heteroatoms. The molecule has 0 saturated heterocycles. The van der Waals surface area contributed by atoms with Gasteiger partial charge in [-0.2, -0.15) is 5.26 Å². The molecular weight excluding hydrogens is 380 g/mol. The van der Waals surface area contributed by atoms with Gasteiger partial charge in [-0.1, -0.05) is 35.5 Å². The van der Waals surface area contributed by atoms with E-state index in [0.29, 0.717) is 17.7 Å². The van der Waals surface area contributed by atoms with Crippen molar-refractivity contribution in [2.24, 2.45) is 0 Å². The van der Waals surface area contributed by atoms with E-state index in [1.54, 1.807) is 11.8 Å². The first kappa shape index (κ1) is 19.1. The lowest BCUT2D eigenvalue weighted by Crippen LogP contribution is -2.37. The van der Waals surface area contributed by atoms with Crippen molar-refractivity contribution in [3.63, 3.8) is 0 Å². The van der Waals surface area contributed by atoms with E-state index < -0.39 is 5.25 Å². The Balaban J connectivity index is 1.73. The number of hydrogen-bond donors (Lipinski definition) is 0. The second-order valence-electron chi connectivity index (χ2n) is 5.84. The van der Waals surface area contributed by atoms with E-state index in [9.17, 15) is 4.79 Å². The van der Waals surface area contributed by atoms with Crippen molar-refractivity contribution in [3.05, 3.63) is 47.3 Å². The van der Waals surface area contributed by atoms with E-state index in [-0.39, 0.29) is 12.3 Å². The second-order valence-corrected chi connectivity index (χ2v) is 8.08. The van der Waals surface area contributed by atoms with E-state index >= 15 is 0 Å². The summed E-state index contributed by atoms with van der Waals surface area (Å²) in [5.41, 5.74) is 1.89. The predicted octanol–water partition coefficient (Wildman–Crippen LogP) is 4.53. The van der Waals surface area contributed by atoms with Crippen molar-refractivity contribution < 1.29 is 9.21 Å². The number of benzene rings is 1. The molecule has 0 radical (unpaired) electrons. The number of carbonyl (C=O) groups is 1. The standard InChI is InChI=1S/C19H18N4O2S2/c1-13-6-8-15(9-7-13)23(11-4-10-20)18(24)14(2)27-19-22-21-17(25-19)16-5-3-12-26-16/h3,5-9,12,14H,4,11H2,1-2H3. The number of amides is 1. The number of nitrogens with zero attached hydrogens (tertiary/aromatic N) is 4. The quantitative estimate of drug-likeness (QED) is 0.544. The van der Waals surface area contributed by atoms with Crippen LogP contribution in [0.25, 0.3) is 10.8 Å². The largest absolute Gasteiger partial charge is 0.410 e. The summed E-state index contributed by atoms with van der Waals surface area (Å²) < 4.78 is 5.66. The fourth-order valence-electron chi connectivity index (χ4n) is 2.43. The first-order valence-corrected chi connectivity index (χ1v) is 10.1. The van der Waals surface area contributed by atoms with Crippen LogP contribution >= 0.6 is 23.1 Å². The molecule has 0 bridgehead atoms. The molecule has 2 aromatic heterocycles. The number of aryl methyl sites for hydroxylation is 1. The SMILES string of the molecule is Cc1ccc(N(CCC#N)C(=O)C(C)Sc2nnc(-c3cccs3)o2)cc1. The van der Waals surface area contributed by atoms with Crippen LogP contribution in [0.3, 0.4) is 0 Å². The first-order valence-electron chi connectivity index (χ1n) is 8.37. The number of thiophene rings is 1. The average molecular weight is 399 g/mol. The van der Waals surface area contributed by atoms with Gasteiger partial charge >= 0.3 is 0 Å². The molecule has 27 heavy (non-hydrogen) atoms. The van der Waals surface area contributed by atoms with Crippen LogP contribution in [0.4, 0.5) is 5.69 Å². The third-order valence-corrected chi connectivity index (χ3v) is 5.60. The number of nitriles is 1. The van der Waals surface area contributed by atoms with Crippen LogP contribution in [-0.2, 0) is 4.79 Å². The molecule has 0 aliphatic rings. The Bertz CT molecular complexity index is 930. The molecule has 0 spiro atoms. The monoisotopic (exact) mass is 398 g/mol. The molecule has 0 N–H and O–H groups in total. The first-order chi connectivity index (χ1) is 13.1. The summed E-state index contributed by atoms with van der Waals surface area (Å²) in [6, 6.07) is 13.6. The van der Waals surface area contributed by atoms with E-state index in [2.05, 4.69) is 16.3 Å². The highest BCUT2D eigenvalue weighted by atomic mass is 32.2. The van der Waals surface area contributed by atoms with Gasteiger partial charge in [0.05, 0.1) is 22.6 Å². The van der Waals surface area contributed by atoms with Gasteiger partial charge < -0.3 is 9.32 Å². The van der Waals surface area contributed by atoms with Gasteiger partial charge in [0.2, 0.25) is 5.91 Å². The maximum atomic E-state index is 13.0. The summed E-state index contributed by atoms with van der Waals surface area (Å²) in [6.07, 6.45) is 0.264. The minimum atomic E-state index is -0.429. The summed E-state index contributed by atoms with van der Waals surface area (Å²) in [5, 5.41) is 18.9. The van der Waals surface area contributed by atoms with Gasteiger partial charge in [-0.15, -0.1) is 21.5 Å². The molecule has 0 saturated carbocycles. The number of thioether (sulfide) groups is 1. The van der Waals surface area contributed by atoms with Gasteiger partial charge in [0.1, 0.15) is 0 Å². The second kappa shape index (κ2) is 8.84. The van der Waals surface area contributed by atoms with E-state index in [0.717, 1.165) is 16.1 Å². The van der Waals surface area contributed by atoms with Crippen molar-refractivity contribution in [1.82, 2.24) is 10.2 Å². The molecular formula is C19H18N4O2S2. The van der Waals surface area contributed by atoms with Crippen molar-refractivity contribution in [3.8, 4) is 16.8 Å². The molecule has 2 heterocycles. The molecule has 1 unspecified atom stereocenters. The molecule has 1 aromatic carbocycles. The van der Waals surface area contributed by atoms with Crippen molar-refractivity contribution in [2.45, 2.75) is 30.7 Å². The molecule has 0 fully saturated rings. The number of aromatic nitrogens is 2. The highest BCUT2D eigenvalue weighted by molar-refractivity contribution is 8.00. The van der Waals surface area contributed by atoms with Gasteiger partial charge in [0, 0.05) is 12.2 Å². The van der Waals surface area contributed by atoms with Crippen LogP contribution in [0.15, 0.2) is 51.4 Å². The third-order valence-electron chi connectivity index (χ3n) is 3.82. The van der Waals surface area contributed by atoms with E-state index in [1.807, 2.05) is 48.7 Å². The number of hydrogen-bond acceptors (Lipinski definition) is 7. The zero-order valence-electron chi connectivity index (χ0n) is 15.0. The van der Waals surface area contributed by atoms with Gasteiger partial charge in [-0.05, 0) is 37.4 Å². The van der Waals surface area contributed by atoms with Crippen molar-refractivity contribution in [1.29, 1.82) is 5.26 Å². The Morgan fingerprint density at radius 3 is 2.78 bits per heavy atom. The zero-order valence-corrected chi connectivity index (χ0v) is 16.6. The number of carbonyl (C=O) groups excluding carboxylic acids is 1. The van der Waals surface area contributed by atoms with Crippen LogP contribution in [-0.4, -0.2) is 27.9 Å². The Labute approximate surface area is 165 Å². The number of rotatable bonds is 7. The third kappa shape index (κ3) is 4.76.